The van der Waals surface area contributed by atoms with Crippen molar-refractivity contribution < 1.29 is 0 Å². The van der Waals surface area contributed by atoms with Gasteiger partial charge in [-0.1, -0.05) is 59.2 Å². The van der Waals surface area contributed by atoms with Gasteiger partial charge in [-0.2, -0.15) is 0 Å². The van der Waals surface area contributed by atoms with Crippen LogP contribution in [0.15, 0.2) is 24.3 Å². The van der Waals surface area contributed by atoms with Crippen molar-refractivity contribution in [3.8, 4) is 0 Å². The predicted octanol–water partition coefficient (Wildman–Crippen LogP) is 4.45. The molecular weight excluding hydrogens is 256 g/mol. The van der Waals surface area contributed by atoms with E-state index in [-0.39, 0.29) is 0 Å². The Bertz CT molecular complexity index is 447. The Morgan fingerprint density at radius 2 is 2.00 bits per heavy atom. The lowest BCUT2D eigenvalue weighted by molar-refractivity contribution is 0.351. The number of rotatable bonds is 4. The van der Waals surface area contributed by atoms with Gasteiger partial charge in [-0.25, -0.2) is 0 Å². The summed E-state index contributed by atoms with van der Waals surface area (Å²) in [5, 5.41) is 3.77. The molecule has 0 saturated carbocycles. The Morgan fingerprint density at radius 1 is 1.29 bits per heavy atom. The highest BCUT2D eigenvalue weighted by Crippen LogP contribution is 2.28. The summed E-state index contributed by atoms with van der Waals surface area (Å²) in [6, 6.07) is 9.48. The van der Waals surface area contributed by atoms with E-state index in [0.29, 0.717) is 11.5 Å². The monoisotopic (exact) mass is 288 g/mol. The number of anilines is 1. The van der Waals surface area contributed by atoms with E-state index in [1.54, 1.807) is 0 Å². The molecule has 0 aliphatic carbocycles. The first-order valence-corrected chi connectivity index (χ1v) is 8.47. The Morgan fingerprint density at radius 3 is 2.67 bits per heavy atom. The van der Waals surface area contributed by atoms with Crippen LogP contribution in [-0.2, 0) is 6.54 Å². The van der Waals surface area contributed by atoms with Gasteiger partial charge in [0.05, 0.1) is 0 Å². The summed E-state index contributed by atoms with van der Waals surface area (Å²) in [5.41, 5.74) is 3.26. The Kier molecular flexibility index (Phi) is 5.32. The maximum Gasteiger partial charge on any atom is 0.0412 e. The van der Waals surface area contributed by atoms with Crippen LogP contribution in [-0.4, -0.2) is 19.1 Å². The molecule has 1 N–H and O–H groups in total. The molecule has 2 rings (SSSR count). The quantitative estimate of drug-likeness (QED) is 0.880. The molecule has 0 amide bonds. The van der Waals surface area contributed by atoms with Crippen LogP contribution in [0.5, 0.6) is 0 Å². The van der Waals surface area contributed by atoms with E-state index in [0.717, 1.165) is 25.6 Å². The fourth-order valence-corrected chi connectivity index (χ4v) is 2.96. The fraction of sp³-hybridized carbons (Fsp3) is 0.684. The standard InChI is InChI=1S/C19H32N2/c1-6-15(2)17-14-21(12-11-19(3,4)5)18-10-8-7-9-16(18)13-20-17/h7-10,15,17,20H,6,11-14H2,1-5H3. The van der Waals surface area contributed by atoms with Gasteiger partial charge >= 0.3 is 0 Å². The molecule has 1 aliphatic heterocycles. The van der Waals surface area contributed by atoms with Crippen molar-refractivity contribution in [3.05, 3.63) is 29.8 Å². The van der Waals surface area contributed by atoms with Crippen LogP contribution in [0.2, 0.25) is 0 Å². The minimum atomic E-state index is 0.389. The van der Waals surface area contributed by atoms with E-state index in [9.17, 15) is 0 Å². The van der Waals surface area contributed by atoms with E-state index >= 15 is 0 Å². The van der Waals surface area contributed by atoms with E-state index in [2.05, 4.69) is 69.1 Å². The molecule has 118 valence electrons. The van der Waals surface area contributed by atoms with Gasteiger partial charge < -0.3 is 10.2 Å². The van der Waals surface area contributed by atoms with Crippen LogP contribution in [0.4, 0.5) is 5.69 Å². The first-order valence-electron chi connectivity index (χ1n) is 8.47. The topological polar surface area (TPSA) is 15.3 Å². The fourth-order valence-electron chi connectivity index (χ4n) is 2.96. The second-order valence-electron chi connectivity index (χ2n) is 7.76. The minimum Gasteiger partial charge on any atom is -0.370 e. The molecule has 2 nitrogen and oxygen atoms in total. The summed E-state index contributed by atoms with van der Waals surface area (Å²) in [6.45, 7) is 14.9. The third kappa shape index (κ3) is 4.47. The first-order chi connectivity index (χ1) is 9.90. The second kappa shape index (κ2) is 6.83. The van der Waals surface area contributed by atoms with Gasteiger partial charge in [0.15, 0.2) is 0 Å². The zero-order valence-corrected chi connectivity index (χ0v) is 14.4. The lowest BCUT2D eigenvalue weighted by Gasteiger charge is -2.32. The average Bonchev–Trinajstić information content (AvgIpc) is 2.63. The number of hydrogen-bond donors (Lipinski definition) is 1. The van der Waals surface area contributed by atoms with Gasteiger partial charge in [0.2, 0.25) is 0 Å². The van der Waals surface area contributed by atoms with Gasteiger partial charge in [0, 0.05) is 31.4 Å². The van der Waals surface area contributed by atoms with E-state index in [1.807, 2.05) is 0 Å². The van der Waals surface area contributed by atoms with E-state index in [1.165, 1.54) is 24.1 Å². The number of benzene rings is 1. The Hall–Kier alpha value is -1.02. The van der Waals surface area contributed by atoms with Crippen LogP contribution >= 0.6 is 0 Å². The molecule has 0 bridgehead atoms. The predicted molar refractivity (Wildman–Crippen MR) is 92.8 cm³/mol. The maximum absolute atomic E-state index is 3.77. The summed E-state index contributed by atoms with van der Waals surface area (Å²) < 4.78 is 0. The average molecular weight is 288 g/mol. The summed E-state index contributed by atoms with van der Waals surface area (Å²) in [5.74, 6) is 0.719. The molecule has 0 aromatic heterocycles. The zero-order chi connectivity index (χ0) is 15.5. The smallest absolute Gasteiger partial charge is 0.0412 e. The lowest BCUT2D eigenvalue weighted by atomic mass is 9.91. The van der Waals surface area contributed by atoms with Crippen molar-refractivity contribution in [2.24, 2.45) is 11.3 Å². The Balaban J connectivity index is 2.19. The molecule has 1 heterocycles. The molecule has 0 radical (unpaired) electrons. The number of nitrogens with zero attached hydrogens (tertiary/aromatic N) is 1. The lowest BCUT2D eigenvalue weighted by Crippen LogP contribution is -2.43. The highest BCUT2D eigenvalue weighted by Gasteiger charge is 2.25. The van der Waals surface area contributed by atoms with Crippen molar-refractivity contribution in [1.29, 1.82) is 0 Å². The van der Waals surface area contributed by atoms with Gasteiger partial charge in [0.25, 0.3) is 0 Å². The van der Waals surface area contributed by atoms with Crippen LogP contribution in [0.25, 0.3) is 0 Å². The molecule has 2 heteroatoms. The summed E-state index contributed by atoms with van der Waals surface area (Å²) in [4.78, 5) is 2.61. The summed E-state index contributed by atoms with van der Waals surface area (Å²) in [7, 11) is 0. The Labute approximate surface area is 130 Å². The SMILES string of the molecule is CCC(C)C1CN(CCC(C)(C)C)c2ccccc2CN1. The van der Waals surface area contributed by atoms with Crippen molar-refractivity contribution in [1.82, 2.24) is 5.32 Å². The molecule has 0 spiro atoms. The first kappa shape index (κ1) is 16.4. The van der Waals surface area contributed by atoms with Gasteiger partial charge in [-0.15, -0.1) is 0 Å². The zero-order valence-electron chi connectivity index (χ0n) is 14.4. The number of para-hydroxylation sites is 1. The van der Waals surface area contributed by atoms with Crippen molar-refractivity contribution in [2.75, 3.05) is 18.0 Å². The normalized spacial score (nSPS) is 20.8. The van der Waals surface area contributed by atoms with E-state index in [4.69, 9.17) is 0 Å². The van der Waals surface area contributed by atoms with Crippen LogP contribution in [0.1, 0.15) is 53.0 Å². The summed E-state index contributed by atoms with van der Waals surface area (Å²) >= 11 is 0. The molecule has 21 heavy (non-hydrogen) atoms. The molecular formula is C19H32N2. The molecule has 2 unspecified atom stereocenters. The third-order valence-electron chi connectivity index (χ3n) is 4.77. The third-order valence-corrected chi connectivity index (χ3v) is 4.77. The molecule has 1 aromatic carbocycles. The van der Waals surface area contributed by atoms with Crippen LogP contribution < -0.4 is 10.2 Å². The van der Waals surface area contributed by atoms with Gasteiger partial charge in [-0.3, -0.25) is 0 Å². The number of fused-ring (bicyclic) bond motifs is 1. The van der Waals surface area contributed by atoms with Crippen LogP contribution in [0.3, 0.4) is 0 Å². The number of hydrogen-bond acceptors (Lipinski definition) is 2. The largest absolute Gasteiger partial charge is 0.370 e. The minimum absolute atomic E-state index is 0.389. The molecule has 0 saturated heterocycles. The van der Waals surface area contributed by atoms with Crippen molar-refractivity contribution in [3.63, 3.8) is 0 Å². The molecule has 2 atom stereocenters. The van der Waals surface area contributed by atoms with Crippen molar-refractivity contribution >= 4 is 5.69 Å². The molecule has 1 aromatic rings. The van der Waals surface area contributed by atoms with Gasteiger partial charge in [-0.05, 0) is 29.4 Å². The second-order valence-corrected chi connectivity index (χ2v) is 7.76. The molecule has 1 aliphatic rings. The van der Waals surface area contributed by atoms with E-state index < -0.39 is 0 Å². The maximum atomic E-state index is 3.77. The summed E-state index contributed by atoms with van der Waals surface area (Å²) in [6.07, 6.45) is 2.47. The highest BCUT2D eigenvalue weighted by atomic mass is 15.2. The molecule has 0 fully saturated rings. The van der Waals surface area contributed by atoms with Gasteiger partial charge in [0.1, 0.15) is 0 Å². The van der Waals surface area contributed by atoms with Crippen molar-refractivity contribution in [2.45, 2.75) is 60.0 Å². The number of nitrogens with one attached hydrogen (secondary N) is 1. The van der Waals surface area contributed by atoms with Crippen LogP contribution in [0, 0.1) is 11.3 Å². The highest BCUT2D eigenvalue weighted by molar-refractivity contribution is 5.54.